The van der Waals surface area contributed by atoms with E-state index in [9.17, 15) is 9.59 Å². The van der Waals surface area contributed by atoms with Crippen LogP contribution in [0.2, 0.25) is 0 Å². The van der Waals surface area contributed by atoms with Crippen molar-refractivity contribution in [3.05, 3.63) is 35.4 Å². The minimum absolute atomic E-state index is 0.159. The number of unbranched alkanes of at least 4 members (excludes halogenated alkanes) is 1. The number of imide groups is 1. The molecule has 2 heterocycles. The highest BCUT2D eigenvalue weighted by molar-refractivity contribution is 6.21. The Morgan fingerprint density at radius 1 is 1.18 bits per heavy atom. The highest BCUT2D eigenvalue weighted by atomic mass is 16.5. The first-order chi connectivity index (χ1) is 13.5. The van der Waals surface area contributed by atoms with Gasteiger partial charge in [-0.2, -0.15) is 0 Å². The summed E-state index contributed by atoms with van der Waals surface area (Å²) in [7, 11) is 0. The summed E-state index contributed by atoms with van der Waals surface area (Å²) in [6.45, 7) is 7.55. The molecule has 0 radical (unpaired) electrons. The lowest BCUT2D eigenvalue weighted by Crippen LogP contribution is -2.40. The van der Waals surface area contributed by atoms with E-state index in [1.165, 1.54) is 4.90 Å². The largest absolute Gasteiger partial charge is 0.373 e. The van der Waals surface area contributed by atoms with Crippen LogP contribution in [0, 0.1) is 0 Å². The van der Waals surface area contributed by atoms with Crippen LogP contribution >= 0.6 is 0 Å². The highest BCUT2D eigenvalue weighted by Crippen LogP contribution is 2.25. The molecule has 0 spiro atoms. The molecule has 28 heavy (non-hydrogen) atoms. The summed E-state index contributed by atoms with van der Waals surface area (Å²) in [6, 6.07) is 7.00. The summed E-state index contributed by atoms with van der Waals surface area (Å²) >= 11 is 0. The van der Waals surface area contributed by atoms with E-state index in [1.807, 2.05) is 6.92 Å². The molecule has 1 atom stereocenters. The maximum atomic E-state index is 12.4. The number of benzene rings is 1. The van der Waals surface area contributed by atoms with E-state index < -0.39 is 0 Å². The van der Waals surface area contributed by atoms with Crippen LogP contribution in [0.15, 0.2) is 29.3 Å². The van der Waals surface area contributed by atoms with Crippen molar-refractivity contribution in [2.45, 2.75) is 45.1 Å². The van der Waals surface area contributed by atoms with Gasteiger partial charge in [0.15, 0.2) is 5.96 Å². The Labute approximate surface area is 166 Å². The molecule has 7 heteroatoms. The van der Waals surface area contributed by atoms with E-state index in [-0.39, 0.29) is 17.4 Å². The zero-order chi connectivity index (χ0) is 20.0. The van der Waals surface area contributed by atoms with Crippen molar-refractivity contribution in [2.24, 2.45) is 4.99 Å². The third kappa shape index (κ3) is 4.70. The molecule has 0 saturated carbocycles. The van der Waals surface area contributed by atoms with Crippen LogP contribution in [-0.4, -0.2) is 61.1 Å². The van der Waals surface area contributed by atoms with Gasteiger partial charge in [-0.05, 0) is 51.7 Å². The highest BCUT2D eigenvalue weighted by Gasteiger charge is 2.34. The summed E-state index contributed by atoms with van der Waals surface area (Å²) < 4.78 is 5.78. The predicted molar refractivity (Wildman–Crippen MR) is 109 cm³/mol. The van der Waals surface area contributed by atoms with Crippen LogP contribution in [0.1, 0.15) is 60.2 Å². The fourth-order valence-electron chi connectivity index (χ4n) is 3.59. The number of fused-ring (bicyclic) bond motifs is 1. The molecule has 2 amide bonds. The molecule has 0 aromatic heterocycles. The van der Waals surface area contributed by atoms with Crippen LogP contribution in [0.25, 0.3) is 0 Å². The van der Waals surface area contributed by atoms with E-state index in [1.54, 1.807) is 24.3 Å². The number of carbonyl (C=O) groups is 2. The topological polar surface area (TPSA) is 83.0 Å². The monoisotopic (exact) mass is 386 g/mol. The zero-order valence-electron chi connectivity index (χ0n) is 16.8. The third-order valence-electron chi connectivity index (χ3n) is 5.20. The van der Waals surface area contributed by atoms with E-state index >= 15 is 0 Å². The van der Waals surface area contributed by atoms with Crippen LogP contribution in [0.4, 0.5) is 0 Å². The van der Waals surface area contributed by atoms with E-state index in [4.69, 9.17) is 4.74 Å². The molecule has 2 aliphatic rings. The van der Waals surface area contributed by atoms with Gasteiger partial charge in [-0.3, -0.25) is 19.5 Å². The molecule has 2 N–H and O–H groups in total. The quantitative estimate of drug-likeness (QED) is 0.310. The number of nitrogens with zero attached hydrogens (tertiary/aromatic N) is 2. The second-order valence-electron chi connectivity index (χ2n) is 7.54. The fraction of sp³-hybridized carbons (Fsp3) is 0.571. The molecule has 3 rings (SSSR count). The van der Waals surface area contributed by atoms with Gasteiger partial charge in [0.05, 0.1) is 23.3 Å². The van der Waals surface area contributed by atoms with Crippen molar-refractivity contribution >= 4 is 17.8 Å². The first-order valence-corrected chi connectivity index (χ1v) is 10.2. The molecular formula is C21H30N4O3. The molecule has 2 aliphatic heterocycles. The number of aliphatic imine (C=N–C) groups is 1. The first-order valence-electron chi connectivity index (χ1n) is 10.2. The van der Waals surface area contributed by atoms with Crippen LogP contribution in [0.5, 0.6) is 0 Å². The Kier molecular flexibility index (Phi) is 6.67. The molecule has 152 valence electrons. The minimum atomic E-state index is -0.187. The summed E-state index contributed by atoms with van der Waals surface area (Å²) in [5.41, 5.74) is 0.859. The number of hydrogen-bond acceptors (Lipinski definition) is 4. The van der Waals surface area contributed by atoms with E-state index in [0.29, 0.717) is 24.2 Å². The minimum Gasteiger partial charge on any atom is -0.373 e. The van der Waals surface area contributed by atoms with Crippen LogP contribution in [-0.2, 0) is 4.74 Å². The van der Waals surface area contributed by atoms with E-state index in [0.717, 1.165) is 51.3 Å². The maximum Gasteiger partial charge on any atom is 0.261 e. The number of hydrogen-bond donors (Lipinski definition) is 2. The average molecular weight is 386 g/mol. The normalized spacial score (nSPS) is 21.9. The summed E-state index contributed by atoms with van der Waals surface area (Å²) in [6.07, 6.45) is 3.72. The maximum absolute atomic E-state index is 12.4. The van der Waals surface area contributed by atoms with Gasteiger partial charge in [0.2, 0.25) is 0 Å². The molecule has 1 aromatic rings. The lowest BCUT2D eigenvalue weighted by atomic mass is 10.0. The van der Waals surface area contributed by atoms with Crippen molar-refractivity contribution in [3.8, 4) is 0 Å². The Morgan fingerprint density at radius 3 is 2.50 bits per heavy atom. The zero-order valence-corrected chi connectivity index (χ0v) is 16.8. The van der Waals surface area contributed by atoms with Gasteiger partial charge in [-0.15, -0.1) is 0 Å². The Morgan fingerprint density at radius 2 is 1.89 bits per heavy atom. The standard InChI is InChI=1S/C21H30N4O3/c1-3-22-20(24-15-21(2)11-8-14-28-21)23-12-6-7-13-25-18(26)16-9-4-5-10-17(16)19(25)27/h4-5,9-10H,3,6-8,11-15H2,1-2H3,(H2,22,23,24). The molecule has 0 bridgehead atoms. The van der Waals surface area contributed by atoms with Crippen LogP contribution < -0.4 is 10.6 Å². The van der Waals surface area contributed by atoms with Gasteiger partial charge < -0.3 is 15.4 Å². The van der Waals surface area contributed by atoms with Gasteiger partial charge in [0.1, 0.15) is 0 Å². The van der Waals surface area contributed by atoms with Crippen molar-refractivity contribution < 1.29 is 14.3 Å². The fourth-order valence-corrected chi connectivity index (χ4v) is 3.59. The first kappa shape index (κ1) is 20.3. The van der Waals surface area contributed by atoms with Crippen molar-refractivity contribution in [1.82, 2.24) is 15.5 Å². The third-order valence-corrected chi connectivity index (χ3v) is 5.20. The Balaban J connectivity index is 1.42. The smallest absolute Gasteiger partial charge is 0.261 e. The number of carbonyl (C=O) groups excluding carboxylic acids is 2. The molecule has 1 aromatic carbocycles. The Bertz CT molecular complexity index is 706. The SMILES string of the molecule is CCNC(=NCC1(C)CCCO1)NCCCCN1C(=O)c2ccccc2C1=O. The molecule has 0 aliphatic carbocycles. The molecule has 1 unspecified atom stereocenters. The van der Waals surface area contributed by atoms with Gasteiger partial charge in [-0.1, -0.05) is 12.1 Å². The predicted octanol–water partition coefficient (Wildman–Crippen LogP) is 2.19. The Hall–Kier alpha value is -2.41. The summed E-state index contributed by atoms with van der Waals surface area (Å²) in [4.78, 5) is 30.7. The summed E-state index contributed by atoms with van der Waals surface area (Å²) in [5.74, 6) is 0.404. The average Bonchev–Trinajstić information content (AvgIpc) is 3.23. The van der Waals surface area contributed by atoms with Crippen molar-refractivity contribution in [1.29, 1.82) is 0 Å². The lowest BCUT2D eigenvalue weighted by Gasteiger charge is -2.21. The van der Waals surface area contributed by atoms with Crippen molar-refractivity contribution in [3.63, 3.8) is 0 Å². The van der Waals surface area contributed by atoms with Gasteiger partial charge >= 0.3 is 0 Å². The van der Waals surface area contributed by atoms with Gasteiger partial charge in [0.25, 0.3) is 11.8 Å². The van der Waals surface area contributed by atoms with Crippen molar-refractivity contribution in [2.75, 3.05) is 32.8 Å². The van der Waals surface area contributed by atoms with Gasteiger partial charge in [-0.25, -0.2) is 0 Å². The van der Waals surface area contributed by atoms with Gasteiger partial charge in [0, 0.05) is 26.2 Å². The summed E-state index contributed by atoms with van der Waals surface area (Å²) in [5, 5.41) is 6.57. The number of guanidine groups is 1. The molecule has 7 nitrogen and oxygen atoms in total. The lowest BCUT2D eigenvalue weighted by molar-refractivity contribution is 0.0283. The van der Waals surface area contributed by atoms with Crippen LogP contribution in [0.3, 0.4) is 0 Å². The number of amides is 2. The van der Waals surface area contributed by atoms with E-state index in [2.05, 4.69) is 22.5 Å². The molecule has 1 fully saturated rings. The molecular weight excluding hydrogens is 356 g/mol. The number of nitrogens with one attached hydrogen (secondary N) is 2. The second-order valence-corrected chi connectivity index (χ2v) is 7.54. The number of ether oxygens (including phenoxy) is 1. The number of rotatable bonds is 8. The second kappa shape index (κ2) is 9.19. The molecule has 1 saturated heterocycles.